The van der Waals surface area contributed by atoms with E-state index < -0.39 is 18.0 Å². The number of rotatable bonds is 9. The van der Waals surface area contributed by atoms with E-state index in [1.54, 1.807) is 31.2 Å². The molecule has 1 unspecified atom stereocenters. The summed E-state index contributed by atoms with van der Waals surface area (Å²) in [6, 6.07) is 11.0. The van der Waals surface area contributed by atoms with Crippen molar-refractivity contribution >= 4 is 35.2 Å². The minimum Gasteiger partial charge on any atom is -0.478 e. The first-order valence-electron chi connectivity index (χ1n) is 10.3. The van der Waals surface area contributed by atoms with Crippen LogP contribution in [0.5, 0.6) is 0 Å². The second-order valence-corrected chi connectivity index (χ2v) is 7.95. The van der Waals surface area contributed by atoms with E-state index in [1.165, 1.54) is 29.2 Å². The third-order valence-electron chi connectivity index (χ3n) is 5.11. The van der Waals surface area contributed by atoms with Crippen LogP contribution in [0.3, 0.4) is 0 Å². The molecule has 1 atom stereocenters. The third-order valence-corrected chi connectivity index (χ3v) is 5.34. The molecule has 8 nitrogen and oxygen atoms in total. The Hall–Kier alpha value is -3.43. The summed E-state index contributed by atoms with van der Waals surface area (Å²) >= 11 is 6.10. The maximum atomic E-state index is 12.9. The van der Waals surface area contributed by atoms with Gasteiger partial charge in [0, 0.05) is 23.0 Å². The zero-order valence-electron chi connectivity index (χ0n) is 17.9. The molecule has 4 N–H and O–H groups in total. The molecule has 3 amide bonds. The number of halogens is 2. The second-order valence-electron chi connectivity index (χ2n) is 7.51. The molecule has 0 radical (unpaired) electrons. The van der Waals surface area contributed by atoms with Gasteiger partial charge in [-0.3, -0.25) is 4.79 Å². The maximum Gasteiger partial charge on any atom is 0.335 e. The fourth-order valence-corrected chi connectivity index (χ4v) is 3.82. The fourth-order valence-electron chi connectivity index (χ4n) is 3.62. The predicted molar refractivity (Wildman–Crippen MR) is 122 cm³/mol. The Bertz CT molecular complexity index is 1070. The SMILES string of the molecule is CC1=C(C(=O)O)C(c2cccc(Cl)c2)N(CCCNCC(=O)Nc2ccc(F)cc2)C(=O)N1. The van der Waals surface area contributed by atoms with E-state index in [2.05, 4.69) is 16.0 Å². The van der Waals surface area contributed by atoms with Crippen molar-refractivity contribution in [3.05, 3.63) is 76.2 Å². The molecule has 33 heavy (non-hydrogen) atoms. The Labute approximate surface area is 195 Å². The number of amides is 3. The zero-order valence-corrected chi connectivity index (χ0v) is 18.7. The summed E-state index contributed by atoms with van der Waals surface area (Å²) in [5.74, 6) is -1.81. The number of carbonyl (C=O) groups excluding carboxylic acids is 2. The van der Waals surface area contributed by atoms with Crippen LogP contribution < -0.4 is 16.0 Å². The first-order valence-corrected chi connectivity index (χ1v) is 10.7. The van der Waals surface area contributed by atoms with Crippen molar-refractivity contribution in [2.45, 2.75) is 19.4 Å². The molecular weight excluding hydrogens is 451 g/mol. The number of aliphatic carboxylic acids is 1. The number of carboxylic acids is 1. The van der Waals surface area contributed by atoms with Gasteiger partial charge in [0.1, 0.15) is 5.82 Å². The number of benzene rings is 2. The van der Waals surface area contributed by atoms with Gasteiger partial charge in [-0.1, -0.05) is 23.7 Å². The second kappa shape index (κ2) is 10.9. The van der Waals surface area contributed by atoms with Crippen LogP contribution in [-0.4, -0.2) is 47.5 Å². The Kier molecular flexibility index (Phi) is 8.02. The van der Waals surface area contributed by atoms with Gasteiger partial charge >= 0.3 is 12.0 Å². The molecule has 1 aliphatic rings. The van der Waals surface area contributed by atoms with Gasteiger partial charge < -0.3 is 26.0 Å². The molecule has 0 aromatic heterocycles. The Morgan fingerprint density at radius 3 is 2.61 bits per heavy atom. The molecule has 10 heteroatoms. The van der Waals surface area contributed by atoms with Crippen molar-refractivity contribution in [3.63, 3.8) is 0 Å². The van der Waals surface area contributed by atoms with Crippen molar-refractivity contribution in [2.75, 3.05) is 25.0 Å². The summed E-state index contributed by atoms with van der Waals surface area (Å²) in [5, 5.41) is 18.5. The van der Waals surface area contributed by atoms with Crippen LogP contribution in [0.4, 0.5) is 14.9 Å². The van der Waals surface area contributed by atoms with Gasteiger partial charge in [0.25, 0.3) is 0 Å². The average molecular weight is 475 g/mol. The minimum absolute atomic E-state index is 0.0285. The Morgan fingerprint density at radius 1 is 1.21 bits per heavy atom. The van der Waals surface area contributed by atoms with E-state index in [0.29, 0.717) is 29.2 Å². The first kappa shape index (κ1) is 24.2. The molecule has 3 rings (SSSR count). The number of nitrogens with one attached hydrogen (secondary N) is 3. The van der Waals surface area contributed by atoms with Crippen molar-refractivity contribution in [3.8, 4) is 0 Å². The lowest BCUT2D eigenvalue weighted by Crippen LogP contribution is -2.49. The highest BCUT2D eigenvalue weighted by molar-refractivity contribution is 6.30. The largest absolute Gasteiger partial charge is 0.478 e. The fraction of sp³-hybridized carbons (Fsp3) is 0.261. The first-order chi connectivity index (χ1) is 15.8. The summed E-state index contributed by atoms with van der Waals surface area (Å²) in [6.45, 7) is 2.24. The van der Waals surface area contributed by atoms with Crippen molar-refractivity contribution in [1.82, 2.24) is 15.5 Å². The maximum absolute atomic E-state index is 12.9. The molecule has 0 bridgehead atoms. The number of allylic oxidation sites excluding steroid dienone is 1. The van der Waals surface area contributed by atoms with Crippen molar-refractivity contribution < 1.29 is 23.9 Å². The highest BCUT2D eigenvalue weighted by Gasteiger charge is 2.37. The Morgan fingerprint density at radius 2 is 1.94 bits per heavy atom. The molecule has 0 spiro atoms. The van der Waals surface area contributed by atoms with Crippen molar-refractivity contribution in [1.29, 1.82) is 0 Å². The molecule has 1 heterocycles. The van der Waals surface area contributed by atoms with Gasteiger partial charge in [0.05, 0.1) is 18.2 Å². The lowest BCUT2D eigenvalue weighted by atomic mass is 9.93. The molecule has 174 valence electrons. The highest BCUT2D eigenvalue weighted by Crippen LogP contribution is 2.34. The van der Waals surface area contributed by atoms with Crippen LogP contribution in [0.1, 0.15) is 24.9 Å². The predicted octanol–water partition coefficient (Wildman–Crippen LogP) is 3.52. The number of urea groups is 1. The average Bonchev–Trinajstić information content (AvgIpc) is 2.75. The van der Waals surface area contributed by atoms with Crippen LogP contribution in [0, 0.1) is 5.82 Å². The van der Waals surface area contributed by atoms with E-state index >= 15 is 0 Å². The summed E-state index contributed by atoms with van der Waals surface area (Å²) in [7, 11) is 0. The smallest absolute Gasteiger partial charge is 0.335 e. The van der Waals surface area contributed by atoms with E-state index in [4.69, 9.17) is 11.6 Å². The Balaban J connectivity index is 1.60. The number of nitrogens with zero attached hydrogens (tertiary/aromatic N) is 1. The van der Waals surface area contributed by atoms with Gasteiger partial charge in [-0.05, 0) is 61.9 Å². The van der Waals surface area contributed by atoms with Gasteiger partial charge in [0.15, 0.2) is 0 Å². The molecule has 0 aliphatic carbocycles. The number of carboxylic acid groups (broad SMARTS) is 1. The number of hydrogen-bond acceptors (Lipinski definition) is 4. The van der Waals surface area contributed by atoms with Gasteiger partial charge in [-0.25, -0.2) is 14.0 Å². The molecular formula is C23H24ClFN4O4. The standard InChI is InChI=1S/C23H24ClFN4O4/c1-14-20(22(31)32)21(15-4-2-5-16(24)12-15)29(23(33)27-14)11-3-10-26-13-19(30)28-18-8-6-17(25)7-9-18/h2,4-9,12,21,26H,3,10-11,13H2,1H3,(H,27,33)(H,28,30)(H,31,32). The summed E-state index contributed by atoms with van der Waals surface area (Å²) in [6.07, 6.45) is 0.472. The molecule has 1 aliphatic heterocycles. The van der Waals surface area contributed by atoms with E-state index in [-0.39, 0.29) is 36.1 Å². The molecule has 0 saturated carbocycles. The number of anilines is 1. The quantitative estimate of drug-likeness (QED) is 0.416. The van der Waals surface area contributed by atoms with E-state index in [1.807, 2.05) is 0 Å². The summed E-state index contributed by atoms with van der Waals surface area (Å²) < 4.78 is 12.9. The third kappa shape index (κ3) is 6.30. The lowest BCUT2D eigenvalue weighted by molar-refractivity contribution is -0.133. The summed E-state index contributed by atoms with van der Waals surface area (Å²) in [4.78, 5) is 38.1. The van der Waals surface area contributed by atoms with Crippen LogP contribution in [0.25, 0.3) is 0 Å². The molecule has 0 fully saturated rings. The van der Waals surface area contributed by atoms with E-state index in [9.17, 15) is 23.9 Å². The monoisotopic (exact) mass is 474 g/mol. The van der Waals surface area contributed by atoms with Gasteiger partial charge in [-0.2, -0.15) is 0 Å². The van der Waals surface area contributed by atoms with Crippen LogP contribution in [0.2, 0.25) is 5.02 Å². The zero-order chi connectivity index (χ0) is 24.0. The highest BCUT2D eigenvalue weighted by atomic mass is 35.5. The minimum atomic E-state index is -1.13. The molecule has 0 saturated heterocycles. The van der Waals surface area contributed by atoms with Crippen LogP contribution in [-0.2, 0) is 9.59 Å². The van der Waals surface area contributed by atoms with E-state index in [0.717, 1.165) is 0 Å². The normalized spacial score (nSPS) is 15.9. The topological polar surface area (TPSA) is 111 Å². The van der Waals surface area contributed by atoms with Crippen molar-refractivity contribution in [2.24, 2.45) is 0 Å². The van der Waals surface area contributed by atoms with Gasteiger partial charge in [-0.15, -0.1) is 0 Å². The molecule has 2 aromatic carbocycles. The van der Waals surface area contributed by atoms with Crippen LogP contribution in [0.15, 0.2) is 59.8 Å². The summed E-state index contributed by atoms with van der Waals surface area (Å²) in [5.41, 5.74) is 1.44. The number of carbonyl (C=O) groups is 3. The number of hydrogen-bond donors (Lipinski definition) is 4. The van der Waals surface area contributed by atoms with Gasteiger partial charge in [0.2, 0.25) is 5.91 Å². The molecule has 2 aromatic rings. The van der Waals surface area contributed by atoms with Crippen LogP contribution >= 0.6 is 11.6 Å². The lowest BCUT2D eigenvalue weighted by Gasteiger charge is -2.37.